The number of hydrogen-bond donors (Lipinski definition) is 2. The van der Waals surface area contributed by atoms with Crippen molar-refractivity contribution >= 4 is 17.4 Å². The first-order chi connectivity index (χ1) is 13.6. The molecule has 0 fully saturated rings. The fourth-order valence-corrected chi connectivity index (χ4v) is 3.38. The molecule has 0 bridgehead atoms. The fraction of sp³-hybridized carbons (Fsp3) is 0.600. The molecule has 9 heteroatoms. The highest BCUT2D eigenvalue weighted by Crippen LogP contribution is 2.21. The first-order valence-electron chi connectivity index (χ1n) is 10.00. The maximum absolute atomic E-state index is 13.3. The summed E-state index contributed by atoms with van der Waals surface area (Å²) in [6.07, 6.45) is 1.71. The molecular weight excluding hydrogens is 372 g/mol. The minimum absolute atomic E-state index is 0.0285. The van der Waals surface area contributed by atoms with E-state index in [-0.39, 0.29) is 29.8 Å². The number of H-pyrrole nitrogens is 1. The van der Waals surface area contributed by atoms with Crippen molar-refractivity contribution < 1.29 is 4.79 Å². The Morgan fingerprint density at radius 2 is 1.93 bits per heavy atom. The average Bonchev–Trinajstić information content (AvgIpc) is 2.86. The van der Waals surface area contributed by atoms with Gasteiger partial charge in [-0.05, 0) is 26.2 Å². The number of aryl methyl sites for hydroxylation is 2. The van der Waals surface area contributed by atoms with E-state index in [2.05, 4.69) is 10.1 Å². The molecule has 0 aliphatic heterocycles. The van der Waals surface area contributed by atoms with Crippen LogP contribution in [-0.2, 0) is 24.8 Å². The lowest BCUT2D eigenvalue weighted by Gasteiger charge is -2.26. The second kappa shape index (κ2) is 9.11. The Hall–Kier alpha value is -2.84. The Morgan fingerprint density at radius 1 is 1.28 bits per heavy atom. The van der Waals surface area contributed by atoms with Gasteiger partial charge in [0.2, 0.25) is 5.91 Å². The molecule has 2 rings (SSSR count). The van der Waals surface area contributed by atoms with Crippen molar-refractivity contribution in [3.63, 3.8) is 0 Å². The summed E-state index contributed by atoms with van der Waals surface area (Å²) in [5, 5.41) is 4.36. The maximum Gasteiger partial charge on any atom is 0.330 e. The monoisotopic (exact) mass is 404 g/mol. The topological polar surface area (TPSA) is 119 Å². The van der Waals surface area contributed by atoms with E-state index in [4.69, 9.17) is 5.73 Å². The van der Waals surface area contributed by atoms with Crippen LogP contribution in [0.15, 0.2) is 9.59 Å². The molecule has 0 unspecified atom stereocenters. The lowest BCUT2D eigenvalue weighted by atomic mass is 10.1. The van der Waals surface area contributed by atoms with Crippen LogP contribution in [0.5, 0.6) is 0 Å². The Labute approximate surface area is 170 Å². The molecule has 0 aliphatic rings. The number of carbonyl (C=O) groups is 1. The summed E-state index contributed by atoms with van der Waals surface area (Å²) in [5.74, 6) is -0.124. The third-order valence-corrected chi connectivity index (χ3v) is 5.05. The molecule has 2 aromatic rings. The van der Waals surface area contributed by atoms with Gasteiger partial charge in [0.15, 0.2) is 5.69 Å². The van der Waals surface area contributed by atoms with Gasteiger partial charge in [-0.25, -0.2) is 4.79 Å². The molecule has 1 amide bonds. The minimum Gasteiger partial charge on any atom is -0.383 e. The molecule has 0 saturated carbocycles. The number of hydrogen-bond acceptors (Lipinski definition) is 5. The van der Waals surface area contributed by atoms with Crippen LogP contribution in [0.4, 0.5) is 11.5 Å². The molecule has 0 spiro atoms. The summed E-state index contributed by atoms with van der Waals surface area (Å²) in [6, 6.07) is 0. The Bertz CT molecular complexity index is 999. The SMILES string of the molecule is CCCCn1c(N)c(N(CC(C)C)C(=O)Cc2c(C)nn(C)c2C)c(=O)[nH]c1=O. The second-order valence-electron chi connectivity index (χ2n) is 7.85. The molecule has 0 saturated heterocycles. The average molecular weight is 405 g/mol. The smallest absolute Gasteiger partial charge is 0.330 e. The van der Waals surface area contributed by atoms with E-state index in [1.807, 2.05) is 41.7 Å². The van der Waals surface area contributed by atoms with Gasteiger partial charge >= 0.3 is 5.69 Å². The zero-order valence-corrected chi connectivity index (χ0v) is 18.2. The fourth-order valence-electron chi connectivity index (χ4n) is 3.38. The Kier molecular flexibility index (Phi) is 7.05. The van der Waals surface area contributed by atoms with Crippen molar-refractivity contribution in [2.45, 2.75) is 60.4 Å². The van der Waals surface area contributed by atoms with Crippen LogP contribution < -0.4 is 21.9 Å². The van der Waals surface area contributed by atoms with E-state index in [0.29, 0.717) is 13.1 Å². The summed E-state index contributed by atoms with van der Waals surface area (Å²) in [6.45, 7) is 10.4. The van der Waals surface area contributed by atoms with E-state index in [1.165, 1.54) is 9.47 Å². The van der Waals surface area contributed by atoms with Crippen molar-refractivity contribution in [1.82, 2.24) is 19.3 Å². The number of unbranched alkanes of at least 4 members (excludes halogenated alkanes) is 1. The first kappa shape index (κ1) is 22.4. The van der Waals surface area contributed by atoms with Gasteiger partial charge in [-0.3, -0.25) is 23.8 Å². The summed E-state index contributed by atoms with van der Waals surface area (Å²) in [5.41, 5.74) is 7.58. The van der Waals surface area contributed by atoms with Crippen LogP contribution >= 0.6 is 0 Å². The second-order valence-corrected chi connectivity index (χ2v) is 7.85. The number of amides is 1. The van der Waals surface area contributed by atoms with Crippen LogP contribution in [0.25, 0.3) is 0 Å². The molecule has 2 aromatic heterocycles. The van der Waals surface area contributed by atoms with Gasteiger partial charge < -0.3 is 10.6 Å². The minimum atomic E-state index is -0.645. The summed E-state index contributed by atoms with van der Waals surface area (Å²) in [7, 11) is 1.83. The Morgan fingerprint density at radius 3 is 2.45 bits per heavy atom. The quantitative estimate of drug-likeness (QED) is 0.691. The molecule has 0 aromatic carbocycles. The first-order valence-corrected chi connectivity index (χ1v) is 10.00. The van der Waals surface area contributed by atoms with Crippen LogP contribution in [-0.4, -0.2) is 31.8 Å². The van der Waals surface area contributed by atoms with Gasteiger partial charge in [0.25, 0.3) is 5.56 Å². The lowest BCUT2D eigenvalue weighted by molar-refractivity contribution is -0.118. The highest BCUT2D eigenvalue weighted by Gasteiger charge is 2.26. The van der Waals surface area contributed by atoms with Crippen molar-refractivity contribution in [2.75, 3.05) is 17.2 Å². The van der Waals surface area contributed by atoms with Crippen LogP contribution in [0, 0.1) is 19.8 Å². The number of anilines is 2. The molecule has 0 aliphatic carbocycles. The molecule has 2 heterocycles. The zero-order valence-electron chi connectivity index (χ0n) is 18.2. The predicted molar refractivity (Wildman–Crippen MR) is 114 cm³/mol. The van der Waals surface area contributed by atoms with Crippen molar-refractivity contribution in [3.8, 4) is 0 Å². The van der Waals surface area contributed by atoms with Crippen molar-refractivity contribution in [2.24, 2.45) is 13.0 Å². The maximum atomic E-state index is 13.3. The van der Waals surface area contributed by atoms with Crippen LogP contribution in [0.1, 0.15) is 50.6 Å². The number of carbonyl (C=O) groups excluding carboxylic acids is 1. The van der Waals surface area contributed by atoms with Gasteiger partial charge in [-0.1, -0.05) is 27.2 Å². The van der Waals surface area contributed by atoms with E-state index in [1.54, 1.807) is 4.68 Å². The summed E-state index contributed by atoms with van der Waals surface area (Å²) in [4.78, 5) is 41.9. The molecular formula is C20H32N6O3. The number of nitrogens with one attached hydrogen (secondary N) is 1. The van der Waals surface area contributed by atoms with E-state index in [9.17, 15) is 14.4 Å². The third-order valence-electron chi connectivity index (χ3n) is 5.05. The van der Waals surface area contributed by atoms with E-state index in [0.717, 1.165) is 29.8 Å². The van der Waals surface area contributed by atoms with E-state index < -0.39 is 11.2 Å². The molecule has 29 heavy (non-hydrogen) atoms. The molecule has 3 N–H and O–H groups in total. The standard InChI is InChI=1S/C20H32N6O3/c1-7-8-9-25-18(21)17(19(28)22-20(25)29)26(11-12(2)3)16(27)10-15-13(4)23-24(6)14(15)5/h12H,7-11,21H2,1-6H3,(H,22,28,29). The van der Waals surface area contributed by atoms with E-state index >= 15 is 0 Å². The number of nitrogens with zero attached hydrogens (tertiary/aromatic N) is 4. The Balaban J connectivity index is 2.53. The number of rotatable bonds is 8. The third kappa shape index (κ3) is 4.78. The normalized spacial score (nSPS) is 11.3. The summed E-state index contributed by atoms with van der Waals surface area (Å²) >= 11 is 0. The van der Waals surface area contributed by atoms with Gasteiger partial charge in [0.05, 0.1) is 12.1 Å². The van der Waals surface area contributed by atoms with Crippen molar-refractivity contribution in [1.29, 1.82) is 0 Å². The number of nitrogen functional groups attached to an aromatic ring is 1. The number of nitrogens with two attached hydrogens (primary N) is 1. The molecule has 9 nitrogen and oxygen atoms in total. The molecule has 0 atom stereocenters. The van der Waals surface area contributed by atoms with Gasteiger partial charge in [-0.15, -0.1) is 0 Å². The highest BCUT2D eigenvalue weighted by molar-refractivity contribution is 5.97. The van der Waals surface area contributed by atoms with Gasteiger partial charge in [0, 0.05) is 31.4 Å². The number of aromatic amines is 1. The van der Waals surface area contributed by atoms with Crippen molar-refractivity contribution in [3.05, 3.63) is 37.8 Å². The summed E-state index contributed by atoms with van der Waals surface area (Å²) < 4.78 is 3.07. The molecule has 160 valence electrons. The van der Waals surface area contributed by atoms with Gasteiger partial charge in [-0.2, -0.15) is 5.10 Å². The van der Waals surface area contributed by atoms with Gasteiger partial charge in [0.1, 0.15) is 5.82 Å². The zero-order chi connectivity index (χ0) is 21.9. The number of aromatic nitrogens is 4. The largest absolute Gasteiger partial charge is 0.383 e. The lowest BCUT2D eigenvalue weighted by Crippen LogP contribution is -2.43. The predicted octanol–water partition coefficient (Wildman–Crippen LogP) is 1.50. The van der Waals surface area contributed by atoms with Crippen LogP contribution in [0.2, 0.25) is 0 Å². The van der Waals surface area contributed by atoms with Crippen LogP contribution in [0.3, 0.4) is 0 Å². The highest BCUT2D eigenvalue weighted by atomic mass is 16.2. The molecule has 0 radical (unpaired) electrons.